The van der Waals surface area contributed by atoms with Gasteiger partial charge in [0.05, 0.1) is 10.7 Å². The third-order valence-corrected chi connectivity index (χ3v) is 4.45. The van der Waals surface area contributed by atoms with Crippen molar-refractivity contribution in [3.8, 4) is 0 Å². The molecule has 2 nitrogen and oxygen atoms in total. The lowest BCUT2D eigenvalue weighted by molar-refractivity contribution is 0.215. The highest BCUT2D eigenvalue weighted by Gasteiger charge is 2.21. The number of aliphatic hydroxyl groups is 1. The first kappa shape index (κ1) is 14.2. The van der Waals surface area contributed by atoms with Crippen LogP contribution in [0.3, 0.4) is 0 Å². The second-order valence-corrected chi connectivity index (χ2v) is 6.95. The molecule has 0 saturated carbocycles. The van der Waals surface area contributed by atoms with Gasteiger partial charge in [-0.1, -0.05) is 44.5 Å². The van der Waals surface area contributed by atoms with Crippen molar-refractivity contribution in [3.05, 3.63) is 51.0 Å². The number of hydrogen-bond donors (Lipinski definition) is 1. The molecule has 0 spiro atoms. The largest absolute Gasteiger partial charge is 0.382 e. The summed E-state index contributed by atoms with van der Waals surface area (Å²) in [5.41, 5.74) is 4.04. The van der Waals surface area contributed by atoms with Gasteiger partial charge in [-0.2, -0.15) is 0 Å². The summed E-state index contributed by atoms with van der Waals surface area (Å²) < 4.78 is 0. The average Bonchev–Trinajstić information content (AvgIpc) is 2.76. The van der Waals surface area contributed by atoms with Crippen LogP contribution in [0.5, 0.6) is 0 Å². The molecule has 1 atom stereocenters. The van der Waals surface area contributed by atoms with Crippen molar-refractivity contribution in [2.24, 2.45) is 0 Å². The predicted molar refractivity (Wildman–Crippen MR) is 80.8 cm³/mol. The normalized spacial score (nSPS) is 13.6. The lowest BCUT2D eigenvalue weighted by Gasteiger charge is -2.15. The molecule has 2 rings (SSSR count). The Morgan fingerprint density at radius 2 is 1.89 bits per heavy atom. The zero-order valence-electron chi connectivity index (χ0n) is 12.2. The van der Waals surface area contributed by atoms with Gasteiger partial charge in [0, 0.05) is 10.8 Å². The SMILES string of the molecule is Cc1ccc(C(O)c2csc(C(C)(C)C)n2)c(C)c1. The Bertz CT molecular complexity index is 581. The maximum absolute atomic E-state index is 10.5. The first-order chi connectivity index (χ1) is 8.79. The van der Waals surface area contributed by atoms with Gasteiger partial charge in [-0.05, 0) is 25.0 Å². The van der Waals surface area contributed by atoms with E-state index in [0.717, 1.165) is 21.8 Å². The molecule has 1 aromatic heterocycles. The summed E-state index contributed by atoms with van der Waals surface area (Å²) >= 11 is 1.62. The van der Waals surface area contributed by atoms with Crippen molar-refractivity contribution in [2.75, 3.05) is 0 Å². The van der Waals surface area contributed by atoms with E-state index in [1.54, 1.807) is 11.3 Å². The monoisotopic (exact) mass is 275 g/mol. The topological polar surface area (TPSA) is 33.1 Å². The summed E-state index contributed by atoms with van der Waals surface area (Å²) in [4.78, 5) is 4.59. The van der Waals surface area contributed by atoms with Crippen LogP contribution in [0.25, 0.3) is 0 Å². The van der Waals surface area contributed by atoms with Crippen LogP contribution in [0, 0.1) is 13.8 Å². The van der Waals surface area contributed by atoms with Crippen LogP contribution in [0.15, 0.2) is 23.6 Å². The van der Waals surface area contributed by atoms with Gasteiger partial charge in [-0.25, -0.2) is 4.98 Å². The van der Waals surface area contributed by atoms with Gasteiger partial charge in [0.15, 0.2) is 0 Å². The van der Waals surface area contributed by atoms with E-state index < -0.39 is 6.10 Å². The van der Waals surface area contributed by atoms with Gasteiger partial charge in [-0.3, -0.25) is 0 Å². The Kier molecular flexibility index (Phi) is 3.79. The van der Waals surface area contributed by atoms with Crippen LogP contribution in [0.1, 0.15) is 54.3 Å². The molecule has 1 unspecified atom stereocenters. The number of aromatic nitrogens is 1. The Labute approximate surface area is 119 Å². The van der Waals surface area contributed by atoms with E-state index in [2.05, 4.69) is 38.7 Å². The molecular weight excluding hydrogens is 254 g/mol. The van der Waals surface area contributed by atoms with Crippen molar-refractivity contribution in [2.45, 2.75) is 46.1 Å². The highest BCUT2D eigenvalue weighted by Crippen LogP contribution is 2.31. The Hall–Kier alpha value is -1.19. The summed E-state index contributed by atoms with van der Waals surface area (Å²) in [5.74, 6) is 0. The minimum atomic E-state index is -0.632. The molecule has 0 saturated heterocycles. The molecule has 102 valence electrons. The van der Waals surface area contributed by atoms with E-state index in [4.69, 9.17) is 0 Å². The van der Waals surface area contributed by atoms with Crippen LogP contribution < -0.4 is 0 Å². The molecule has 3 heteroatoms. The van der Waals surface area contributed by atoms with Gasteiger partial charge in [0.2, 0.25) is 0 Å². The molecule has 2 aromatic rings. The molecule has 0 fully saturated rings. The van der Waals surface area contributed by atoms with Crippen molar-refractivity contribution < 1.29 is 5.11 Å². The van der Waals surface area contributed by atoms with Crippen LogP contribution >= 0.6 is 11.3 Å². The smallest absolute Gasteiger partial charge is 0.122 e. The summed E-state index contributed by atoms with van der Waals surface area (Å²) in [5, 5.41) is 13.5. The number of benzene rings is 1. The van der Waals surface area contributed by atoms with E-state index in [1.807, 2.05) is 24.4 Å². The predicted octanol–water partition coefficient (Wildman–Crippen LogP) is 4.14. The standard InChI is InChI=1S/C16H21NOS/c1-10-6-7-12(11(2)8-10)14(18)13-9-19-15(17-13)16(3,4)5/h6-9,14,18H,1-5H3. The van der Waals surface area contributed by atoms with E-state index in [1.165, 1.54) is 5.56 Å². The first-order valence-corrected chi connectivity index (χ1v) is 7.38. The van der Waals surface area contributed by atoms with Crippen molar-refractivity contribution >= 4 is 11.3 Å². The molecule has 19 heavy (non-hydrogen) atoms. The second-order valence-electron chi connectivity index (χ2n) is 6.09. The lowest BCUT2D eigenvalue weighted by Crippen LogP contribution is -2.11. The van der Waals surface area contributed by atoms with E-state index in [9.17, 15) is 5.11 Å². The molecule has 0 aliphatic rings. The molecule has 0 aliphatic heterocycles. The number of hydrogen-bond acceptors (Lipinski definition) is 3. The van der Waals surface area contributed by atoms with Gasteiger partial charge in [-0.15, -0.1) is 11.3 Å². The quantitative estimate of drug-likeness (QED) is 0.893. The number of rotatable bonds is 2. The van der Waals surface area contributed by atoms with Gasteiger partial charge in [0.25, 0.3) is 0 Å². The fourth-order valence-corrected chi connectivity index (χ4v) is 2.97. The molecule has 1 aromatic carbocycles. The number of thiazole rings is 1. The van der Waals surface area contributed by atoms with E-state index in [0.29, 0.717) is 0 Å². The van der Waals surface area contributed by atoms with Crippen molar-refractivity contribution in [3.63, 3.8) is 0 Å². The third-order valence-electron chi connectivity index (χ3n) is 3.16. The molecule has 0 aliphatic carbocycles. The van der Waals surface area contributed by atoms with Crippen LogP contribution in [0.4, 0.5) is 0 Å². The first-order valence-electron chi connectivity index (χ1n) is 6.50. The Morgan fingerprint density at radius 1 is 1.21 bits per heavy atom. The lowest BCUT2D eigenvalue weighted by atomic mass is 9.97. The number of nitrogens with zero attached hydrogens (tertiary/aromatic N) is 1. The van der Waals surface area contributed by atoms with Crippen molar-refractivity contribution in [1.29, 1.82) is 0 Å². The van der Waals surface area contributed by atoms with E-state index >= 15 is 0 Å². The van der Waals surface area contributed by atoms with E-state index in [-0.39, 0.29) is 5.41 Å². The summed E-state index contributed by atoms with van der Waals surface area (Å²) in [6, 6.07) is 6.11. The van der Waals surface area contributed by atoms with Gasteiger partial charge in [0.1, 0.15) is 6.10 Å². The number of aliphatic hydroxyl groups excluding tert-OH is 1. The maximum atomic E-state index is 10.5. The third kappa shape index (κ3) is 3.04. The summed E-state index contributed by atoms with van der Waals surface area (Å²) in [6.45, 7) is 10.5. The van der Waals surface area contributed by atoms with Gasteiger partial charge >= 0.3 is 0 Å². The summed E-state index contributed by atoms with van der Waals surface area (Å²) in [6.07, 6.45) is -0.632. The van der Waals surface area contributed by atoms with Gasteiger partial charge < -0.3 is 5.11 Å². The van der Waals surface area contributed by atoms with Crippen LogP contribution in [-0.4, -0.2) is 10.1 Å². The summed E-state index contributed by atoms with van der Waals surface area (Å²) in [7, 11) is 0. The fourth-order valence-electron chi connectivity index (χ4n) is 2.05. The minimum Gasteiger partial charge on any atom is -0.382 e. The second kappa shape index (κ2) is 5.06. The molecular formula is C16H21NOS. The van der Waals surface area contributed by atoms with Crippen LogP contribution in [-0.2, 0) is 5.41 Å². The highest BCUT2D eigenvalue weighted by molar-refractivity contribution is 7.09. The molecule has 0 amide bonds. The zero-order chi connectivity index (χ0) is 14.2. The van der Waals surface area contributed by atoms with Crippen molar-refractivity contribution in [1.82, 2.24) is 4.98 Å². The number of aryl methyl sites for hydroxylation is 2. The molecule has 0 radical (unpaired) electrons. The highest BCUT2D eigenvalue weighted by atomic mass is 32.1. The fraction of sp³-hybridized carbons (Fsp3) is 0.438. The molecule has 1 heterocycles. The minimum absolute atomic E-state index is 0.0327. The maximum Gasteiger partial charge on any atom is 0.122 e. The van der Waals surface area contributed by atoms with Crippen LogP contribution in [0.2, 0.25) is 0 Å². The Balaban J connectivity index is 2.34. The molecule has 1 N–H and O–H groups in total. The average molecular weight is 275 g/mol. The molecule has 0 bridgehead atoms. The Morgan fingerprint density at radius 3 is 2.42 bits per heavy atom. The zero-order valence-corrected chi connectivity index (χ0v) is 13.0.